The molecule has 2 aromatic rings. The standard InChI is InChI=1S/C30H38N4O4/c1-5-26(35)32-17-24-27-23(15-16-33(24)29(36)38-30(2,3)4)34(31-28(27)25(18-32)37-22-13-14-22)21-11-9-20(10-12-21)19-7-6-8-19/h5,9-12,19,22,24-25H,1,6-8,13-18H2,2-4H3. The number of ether oxygens (including phenoxy) is 2. The largest absolute Gasteiger partial charge is 0.444 e. The fourth-order valence-electron chi connectivity index (χ4n) is 5.86. The SMILES string of the molecule is C=CC(=O)N1CC(OC2CC2)c2nn(-c3ccc(C4CCC4)cc3)c3c2C(C1)N(C(=O)OC(C)(C)C)CC3. The lowest BCUT2D eigenvalue weighted by atomic mass is 9.80. The monoisotopic (exact) mass is 518 g/mol. The summed E-state index contributed by atoms with van der Waals surface area (Å²) in [4.78, 5) is 29.8. The molecule has 8 heteroatoms. The number of carbonyl (C=O) groups excluding carboxylic acids is 2. The van der Waals surface area contributed by atoms with Gasteiger partial charge in [0.05, 0.1) is 35.8 Å². The highest BCUT2D eigenvalue weighted by Gasteiger charge is 2.45. The van der Waals surface area contributed by atoms with Crippen molar-refractivity contribution in [2.45, 2.75) is 89.1 Å². The summed E-state index contributed by atoms with van der Waals surface area (Å²) < 4.78 is 14.3. The van der Waals surface area contributed by atoms with Crippen LogP contribution < -0.4 is 0 Å². The van der Waals surface area contributed by atoms with Crippen LogP contribution in [0.25, 0.3) is 5.69 Å². The molecule has 2 atom stereocenters. The molecule has 2 aliphatic carbocycles. The Morgan fingerprint density at radius 1 is 1.08 bits per heavy atom. The van der Waals surface area contributed by atoms with Crippen LogP contribution in [-0.2, 0) is 20.7 Å². The van der Waals surface area contributed by atoms with Crippen molar-refractivity contribution in [1.82, 2.24) is 19.6 Å². The fourth-order valence-corrected chi connectivity index (χ4v) is 5.86. The minimum Gasteiger partial charge on any atom is -0.444 e. The Balaban J connectivity index is 1.43. The molecular formula is C30H38N4O4. The van der Waals surface area contributed by atoms with Crippen LogP contribution in [0, 0.1) is 0 Å². The van der Waals surface area contributed by atoms with Gasteiger partial charge in [-0.2, -0.15) is 5.10 Å². The molecule has 2 saturated carbocycles. The van der Waals surface area contributed by atoms with E-state index in [9.17, 15) is 9.59 Å². The van der Waals surface area contributed by atoms with Gasteiger partial charge in [0.1, 0.15) is 11.7 Å². The molecule has 0 N–H and O–H groups in total. The van der Waals surface area contributed by atoms with Crippen LogP contribution in [0.3, 0.4) is 0 Å². The van der Waals surface area contributed by atoms with Gasteiger partial charge in [-0.1, -0.05) is 25.1 Å². The summed E-state index contributed by atoms with van der Waals surface area (Å²) in [7, 11) is 0. The lowest BCUT2D eigenvalue weighted by Gasteiger charge is -2.38. The zero-order valence-corrected chi connectivity index (χ0v) is 22.7. The second-order valence-electron chi connectivity index (χ2n) is 12.1. The topological polar surface area (TPSA) is 76.9 Å². The van der Waals surface area contributed by atoms with E-state index in [0.29, 0.717) is 32.0 Å². The Morgan fingerprint density at radius 2 is 1.82 bits per heavy atom. The molecule has 6 rings (SSSR count). The Hall–Kier alpha value is -3.13. The molecule has 2 aliphatic heterocycles. The van der Waals surface area contributed by atoms with Gasteiger partial charge in [-0.05, 0) is 76.1 Å². The van der Waals surface area contributed by atoms with Crippen molar-refractivity contribution in [2.75, 3.05) is 19.6 Å². The van der Waals surface area contributed by atoms with Gasteiger partial charge in [0.15, 0.2) is 0 Å². The minimum atomic E-state index is -0.620. The summed E-state index contributed by atoms with van der Waals surface area (Å²) >= 11 is 0. The van der Waals surface area contributed by atoms with Crippen LogP contribution in [-0.4, -0.2) is 62.9 Å². The van der Waals surface area contributed by atoms with E-state index in [1.807, 2.05) is 25.5 Å². The molecule has 8 nitrogen and oxygen atoms in total. The zero-order chi connectivity index (χ0) is 26.6. The Labute approximate surface area is 224 Å². The third-order valence-electron chi connectivity index (χ3n) is 8.14. The maximum Gasteiger partial charge on any atom is 0.410 e. The number of aromatic nitrogens is 2. The second-order valence-corrected chi connectivity index (χ2v) is 12.1. The normalized spacial score (nSPS) is 23.3. The van der Waals surface area contributed by atoms with E-state index in [1.165, 1.54) is 30.9 Å². The van der Waals surface area contributed by atoms with Gasteiger partial charge in [-0.15, -0.1) is 0 Å². The first-order valence-corrected chi connectivity index (χ1v) is 14.0. The molecule has 0 radical (unpaired) electrons. The van der Waals surface area contributed by atoms with Gasteiger partial charge in [-0.3, -0.25) is 9.69 Å². The first kappa shape index (κ1) is 25.2. The van der Waals surface area contributed by atoms with Crippen LogP contribution in [0.5, 0.6) is 0 Å². The first-order valence-electron chi connectivity index (χ1n) is 14.0. The van der Waals surface area contributed by atoms with E-state index in [0.717, 1.165) is 35.5 Å². The number of hydrogen-bond acceptors (Lipinski definition) is 5. The van der Waals surface area contributed by atoms with Crippen molar-refractivity contribution in [2.24, 2.45) is 0 Å². The highest BCUT2D eigenvalue weighted by molar-refractivity contribution is 5.87. The van der Waals surface area contributed by atoms with Crippen LogP contribution in [0.2, 0.25) is 0 Å². The van der Waals surface area contributed by atoms with Crippen LogP contribution in [0.1, 0.15) is 93.5 Å². The van der Waals surface area contributed by atoms with Crippen molar-refractivity contribution < 1.29 is 19.1 Å². The van der Waals surface area contributed by atoms with Crippen molar-refractivity contribution in [3.05, 3.63) is 59.4 Å². The zero-order valence-electron chi connectivity index (χ0n) is 22.7. The average molecular weight is 519 g/mol. The number of rotatable bonds is 5. The highest BCUT2D eigenvalue weighted by atomic mass is 16.6. The molecule has 38 heavy (non-hydrogen) atoms. The van der Waals surface area contributed by atoms with Gasteiger partial charge < -0.3 is 14.4 Å². The van der Waals surface area contributed by atoms with E-state index in [1.54, 1.807) is 9.80 Å². The number of hydrogen-bond donors (Lipinski definition) is 0. The molecule has 202 valence electrons. The average Bonchev–Trinajstić information content (AvgIpc) is 3.60. The van der Waals surface area contributed by atoms with E-state index in [-0.39, 0.29) is 30.3 Å². The van der Waals surface area contributed by atoms with Crippen LogP contribution >= 0.6 is 0 Å². The summed E-state index contributed by atoms with van der Waals surface area (Å²) in [6.45, 7) is 10.5. The number of carbonyl (C=O) groups is 2. The molecule has 0 saturated heterocycles. The molecule has 2 unspecified atom stereocenters. The molecule has 1 aromatic heterocycles. The molecule has 1 aromatic carbocycles. The van der Waals surface area contributed by atoms with Crippen molar-refractivity contribution >= 4 is 12.0 Å². The van der Waals surface area contributed by atoms with Crippen LogP contribution in [0.4, 0.5) is 4.79 Å². The third-order valence-corrected chi connectivity index (χ3v) is 8.14. The van der Waals surface area contributed by atoms with Gasteiger partial charge >= 0.3 is 6.09 Å². The lowest BCUT2D eigenvalue weighted by molar-refractivity contribution is -0.129. The molecule has 4 aliphatic rings. The Morgan fingerprint density at radius 3 is 2.42 bits per heavy atom. The van der Waals surface area contributed by atoms with Crippen LogP contribution in [0.15, 0.2) is 36.9 Å². The van der Waals surface area contributed by atoms with Crippen molar-refractivity contribution in [1.29, 1.82) is 0 Å². The molecule has 0 bridgehead atoms. The van der Waals surface area contributed by atoms with E-state index in [4.69, 9.17) is 14.6 Å². The highest BCUT2D eigenvalue weighted by Crippen LogP contribution is 2.43. The summed E-state index contributed by atoms with van der Waals surface area (Å²) in [6, 6.07) is 8.42. The van der Waals surface area contributed by atoms with Crippen molar-refractivity contribution in [3.8, 4) is 5.69 Å². The van der Waals surface area contributed by atoms with E-state index in [2.05, 4.69) is 30.8 Å². The summed E-state index contributed by atoms with van der Waals surface area (Å²) in [5.74, 6) is 0.503. The summed E-state index contributed by atoms with van der Waals surface area (Å²) in [5, 5.41) is 5.15. The van der Waals surface area contributed by atoms with E-state index >= 15 is 0 Å². The predicted molar refractivity (Wildman–Crippen MR) is 143 cm³/mol. The lowest BCUT2D eigenvalue weighted by Crippen LogP contribution is -2.47. The smallest absolute Gasteiger partial charge is 0.410 e. The number of amides is 2. The number of nitrogens with zero attached hydrogens (tertiary/aromatic N) is 4. The number of benzene rings is 1. The van der Waals surface area contributed by atoms with Crippen molar-refractivity contribution in [3.63, 3.8) is 0 Å². The summed E-state index contributed by atoms with van der Waals surface area (Å²) in [6.07, 6.45) is 7.32. The Bertz CT molecular complexity index is 1240. The van der Waals surface area contributed by atoms with Gasteiger partial charge in [0.2, 0.25) is 5.91 Å². The Kier molecular flexibility index (Phi) is 6.33. The van der Waals surface area contributed by atoms with Gasteiger partial charge in [-0.25, -0.2) is 9.48 Å². The van der Waals surface area contributed by atoms with E-state index < -0.39 is 5.60 Å². The maximum atomic E-state index is 13.4. The minimum absolute atomic E-state index is 0.171. The second kappa shape index (κ2) is 9.56. The molecule has 2 amide bonds. The molecule has 2 fully saturated rings. The summed E-state index contributed by atoms with van der Waals surface area (Å²) in [5.41, 5.74) is 4.70. The predicted octanol–water partition coefficient (Wildman–Crippen LogP) is 5.22. The molecule has 3 heterocycles. The molecular weight excluding hydrogens is 480 g/mol. The third kappa shape index (κ3) is 4.75. The maximum absolute atomic E-state index is 13.4. The quantitative estimate of drug-likeness (QED) is 0.507. The molecule has 0 spiro atoms. The van der Waals surface area contributed by atoms with Gasteiger partial charge in [0.25, 0.3) is 0 Å². The first-order chi connectivity index (χ1) is 18.2. The van der Waals surface area contributed by atoms with Gasteiger partial charge in [0, 0.05) is 25.1 Å². The fraction of sp³-hybridized carbons (Fsp3) is 0.567.